The molecule has 0 aliphatic carbocycles. The molecule has 2 aromatic rings. The monoisotopic (exact) mass is 338 g/mol. The summed E-state index contributed by atoms with van der Waals surface area (Å²) < 4.78 is 6.54. The largest absolute Gasteiger partial charge is 0.483 e. The van der Waals surface area contributed by atoms with Crippen molar-refractivity contribution in [3.8, 4) is 5.75 Å². The van der Waals surface area contributed by atoms with E-state index in [4.69, 9.17) is 16.3 Å². The fourth-order valence-corrected chi connectivity index (χ4v) is 2.01. The fourth-order valence-electron chi connectivity index (χ4n) is 1.62. The second kappa shape index (κ2) is 6.22. The molecule has 4 heteroatoms. The third-order valence-electron chi connectivity index (χ3n) is 2.62. The lowest BCUT2D eigenvalue weighted by Crippen LogP contribution is -2.23. The second-order valence-corrected chi connectivity index (χ2v) is 5.44. The molecule has 0 saturated carbocycles. The molecule has 0 aliphatic heterocycles. The van der Waals surface area contributed by atoms with Gasteiger partial charge in [-0.2, -0.15) is 0 Å². The third kappa shape index (κ3) is 3.82. The van der Waals surface area contributed by atoms with Crippen molar-refractivity contribution in [2.75, 3.05) is 0 Å². The molecule has 0 N–H and O–H groups in total. The van der Waals surface area contributed by atoms with Crippen LogP contribution < -0.4 is 4.74 Å². The van der Waals surface area contributed by atoms with Crippen molar-refractivity contribution >= 4 is 33.3 Å². The van der Waals surface area contributed by atoms with Gasteiger partial charge in [0.1, 0.15) is 5.75 Å². The molecular weight excluding hydrogens is 328 g/mol. The van der Waals surface area contributed by atoms with Gasteiger partial charge >= 0.3 is 0 Å². The van der Waals surface area contributed by atoms with Crippen molar-refractivity contribution in [1.82, 2.24) is 0 Å². The summed E-state index contributed by atoms with van der Waals surface area (Å²) in [5.74, 6) is 0.574. The number of carbonyl (C=O) groups excluding carboxylic acids is 1. The Bertz CT molecular complexity index is 564. The average molecular weight is 340 g/mol. The van der Waals surface area contributed by atoms with Crippen molar-refractivity contribution in [3.05, 3.63) is 63.6 Å². The van der Waals surface area contributed by atoms with Gasteiger partial charge in [0.05, 0.1) is 0 Å². The minimum atomic E-state index is -0.539. The summed E-state index contributed by atoms with van der Waals surface area (Å²) in [7, 11) is 0. The highest BCUT2D eigenvalue weighted by atomic mass is 79.9. The van der Waals surface area contributed by atoms with Gasteiger partial charge < -0.3 is 4.74 Å². The molecule has 2 aromatic carbocycles. The summed E-state index contributed by atoms with van der Waals surface area (Å²) in [4.78, 5) is 12.2. The van der Waals surface area contributed by atoms with Crippen molar-refractivity contribution in [3.63, 3.8) is 0 Å². The Morgan fingerprint density at radius 3 is 2.26 bits per heavy atom. The van der Waals surface area contributed by atoms with Crippen molar-refractivity contribution in [2.45, 2.75) is 13.0 Å². The van der Waals surface area contributed by atoms with Crippen LogP contribution in [0.25, 0.3) is 0 Å². The smallest absolute Gasteiger partial charge is 0.202 e. The molecule has 2 nitrogen and oxygen atoms in total. The van der Waals surface area contributed by atoms with E-state index >= 15 is 0 Å². The maximum absolute atomic E-state index is 12.2. The summed E-state index contributed by atoms with van der Waals surface area (Å²) >= 11 is 9.13. The van der Waals surface area contributed by atoms with Crippen molar-refractivity contribution in [1.29, 1.82) is 0 Å². The minimum Gasteiger partial charge on any atom is -0.483 e. The number of rotatable bonds is 4. The molecule has 0 heterocycles. The van der Waals surface area contributed by atoms with E-state index in [2.05, 4.69) is 15.9 Å². The molecule has 0 saturated heterocycles. The van der Waals surface area contributed by atoms with Crippen molar-refractivity contribution < 1.29 is 9.53 Å². The molecule has 19 heavy (non-hydrogen) atoms. The van der Waals surface area contributed by atoms with Crippen LogP contribution >= 0.6 is 27.5 Å². The molecule has 0 aromatic heterocycles. The summed E-state index contributed by atoms with van der Waals surface area (Å²) in [6.45, 7) is 1.74. The molecule has 0 spiro atoms. The van der Waals surface area contributed by atoms with Gasteiger partial charge in [0.15, 0.2) is 6.10 Å². The lowest BCUT2D eigenvalue weighted by molar-refractivity contribution is 0.0818. The Hall–Kier alpha value is -1.32. The highest BCUT2D eigenvalue weighted by Gasteiger charge is 2.16. The van der Waals surface area contributed by atoms with Crippen LogP contribution in [0.15, 0.2) is 53.0 Å². The Kier molecular flexibility index (Phi) is 4.61. The van der Waals surface area contributed by atoms with E-state index in [0.29, 0.717) is 16.3 Å². The van der Waals surface area contributed by atoms with Gasteiger partial charge in [0.2, 0.25) is 5.78 Å². The van der Waals surface area contributed by atoms with Crippen LogP contribution in [0.2, 0.25) is 5.02 Å². The number of ether oxygens (including phenoxy) is 1. The maximum atomic E-state index is 12.2. The summed E-state index contributed by atoms with van der Waals surface area (Å²) in [6, 6.07) is 14.2. The molecule has 0 unspecified atom stereocenters. The zero-order chi connectivity index (χ0) is 13.8. The molecule has 0 aliphatic rings. The Balaban J connectivity index is 2.07. The molecule has 0 bridgehead atoms. The van der Waals surface area contributed by atoms with Crippen molar-refractivity contribution in [2.24, 2.45) is 0 Å². The minimum absolute atomic E-state index is 0.0533. The Labute approximate surface area is 125 Å². The topological polar surface area (TPSA) is 26.3 Å². The first-order valence-corrected chi connectivity index (χ1v) is 6.95. The van der Waals surface area contributed by atoms with Crippen LogP contribution in [0.4, 0.5) is 0 Å². The zero-order valence-corrected chi connectivity index (χ0v) is 12.6. The average Bonchev–Trinajstić information content (AvgIpc) is 2.41. The lowest BCUT2D eigenvalue weighted by atomic mass is 10.1. The van der Waals surface area contributed by atoms with E-state index in [9.17, 15) is 4.79 Å². The van der Waals surface area contributed by atoms with Crippen LogP contribution in [-0.2, 0) is 0 Å². The predicted molar refractivity (Wildman–Crippen MR) is 80.0 cm³/mol. The number of halogens is 2. The fraction of sp³-hybridized carbons (Fsp3) is 0.133. The highest BCUT2D eigenvalue weighted by Crippen LogP contribution is 2.18. The SMILES string of the molecule is C[C@H](Oc1ccc(Cl)cc1)C(=O)c1ccc(Br)cc1. The summed E-state index contributed by atoms with van der Waals surface area (Å²) in [5.41, 5.74) is 0.629. The van der Waals surface area contributed by atoms with E-state index in [0.717, 1.165) is 4.47 Å². The molecule has 2 rings (SSSR count). The van der Waals surface area contributed by atoms with E-state index in [1.54, 1.807) is 43.3 Å². The number of ketones is 1. The normalized spacial score (nSPS) is 11.9. The first-order chi connectivity index (χ1) is 9.06. The van der Waals surface area contributed by atoms with Gasteiger partial charge in [-0.3, -0.25) is 4.79 Å². The summed E-state index contributed by atoms with van der Waals surface area (Å²) in [5, 5.41) is 0.638. The second-order valence-electron chi connectivity index (χ2n) is 4.09. The first kappa shape index (κ1) is 14.1. The molecular formula is C15H12BrClO2. The highest BCUT2D eigenvalue weighted by molar-refractivity contribution is 9.10. The quantitative estimate of drug-likeness (QED) is 0.751. The van der Waals surface area contributed by atoms with Crippen LogP contribution in [0.5, 0.6) is 5.75 Å². The molecule has 0 fully saturated rings. The van der Waals surface area contributed by atoms with Gasteiger partial charge in [0.25, 0.3) is 0 Å². The zero-order valence-electron chi connectivity index (χ0n) is 10.3. The van der Waals surface area contributed by atoms with Gasteiger partial charge in [-0.15, -0.1) is 0 Å². The molecule has 0 radical (unpaired) electrons. The van der Waals surface area contributed by atoms with Crippen LogP contribution in [0.1, 0.15) is 17.3 Å². The summed E-state index contributed by atoms with van der Waals surface area (Å²) in [6.07, 6.45) is -0.539. The van der Waals surface area contributed by atoms with Gasteiger partial charge in [-0.05, 0) is 43.3 Å². The van der Waals surface area contributed by atoms with Gasteiger partial charge in [0, 0.05) is 15.1 Å². The number of hydrogen-bond donors (Lipinski definition) is 0. The number of Topliss-reactive ketones (excluding diaryl/α,β-unsaturated/α-hetero) is 1. The first-order valence-electron chi connectivity index (χ1n) is 5.78. The van der Waals surface area contributed by atoms with Gasteiger partial charge in [-0.1, -0.05) is 39.7 Å². The third-order valence-corrected chi connectivity index (χ3v) is 3.41. The van der Waals surface area contributed by atoms with E-state index < -0.39 is 6.10 Å². The number of hydrogen-bond acceptors (Lipinski definition) is 2. The molecule has 98 valence electrons. The van der Waals surface area contributed by atoms with E-state index in [1.807, 2.05) is 12.1 Å². The standard InChI is InChI=1S/C15H12BrClO2/c1-10(19-14-8-6-13(17)7-9-14)15(18)11-2-4-12(16)5-3-11/h2-10H,1H3/t10-/m0/s1. The van der Waals surface area contributed by atoms with Gasteiger partial charge in [-0.25, -0.2) is 0 Å². The molecule has 1 atom stereocenters. The van der Waals surface area contributed by atoms with E-state index in [-0.39, 0.29) is 5.78 Å². The predicted octanol–water partition coefficient (Wildman–Crippen LogP) is 4.75. The Morgan fingerprint density at radius 1 is 1.11 bits per heavy atom. The van der Waals surface area contributed by atoms with Crippen LogP contribution in [-0.4, -0.2) is 11.9 Å². The van der Waals surface area contributed by atoms with Crippen LogP contribution in [0.3, 0.4) is 0 Å². The Morgan fingerprint density at radius 2 is 1.68 bits per heavy atom. The maximum Gasteiger partial charge on any atom is 0.202 e. The molecule has 0 amide bonds. The lowest BCUT2D eigenvalue weighted by Gasteiger charge is -2.13. The number of benzene rings is 2. The van der Waals surface area contributed by atoms with E-state index in [1.165, 1.54) is 0 Å². The number of carbonyl (C=O) groups is 1. The van der Waals surface area contributed by atoms with Crippen LogP contribution in [0, 0.1) is 0 Å².